The summed E-state index contributed by atoms with van der Waals surface area (Å²) in [7, 11) is 3.42. The van der Waals surface area contributed by atoms with Crippen molar-refractivity contribution in [2.24, 2.45) is 10.9 Å². The van der Waals surface area contributed by atoms with Crippen molar-refractivity contribution in [3.63, 3.8) is 0 Å². The molecular weight excluding hydrogens is 342 g/mol. The Morgan fingerprint density at radius 3 is 2.89 bits per heavy atom. The van der Waals surface area contributed by atoms with Crippen LogP contribution in [0.2, 0.25) is 0 Å². The number of hydrogen-bond donors (Lipinski definition) is 1. The van der Waals surface area contributed by atoms with Crippen LogP contribution in [0.4, 0.5) is 0 Å². The van der Waals surface area contributed by atoms with Gasteiger partial charge in [-0.15, -0.1) is 0 Å². The van der Waals surface area contributed by atoms with Gasteiger partial charge in [0.1, 0.15) is 5.75 Å². The molecule has 1 aromatic rings. The molecule has 1 N–H and O–H groups in total. The minimum atomic E-state index is 0.562. The van der Waals surface area contributed by atoms with Gasteiger partial charge in [-0.05, 0) is 43.9 Å². The molecule has 1 aliphatic heterocycles. The summed E-state index contributed by atoms with van der Waals surface area (Å²) in [5, 5.41) is 3.43. The molecule has 2 rings (SSSR count). The highest BCUT2D eigenvalue weighted by Crippen LogP contribution is 2.20. The molecule has 152 valence electrons. The summed E-state index contributed by atoms with van der Waals surface area (Å²) in [4.78, 5) is 7.19. The molecule has 0 bridgehead atoms. The average Bonchev–Trinajstić information content (AvgIpc) is 3.14. The summed E-state index contributed by atoms with van der Waals surface area (Å²) in [5.74, 6) is 2.52. The first kappa shape index (κ1) is 21.5. The van der Waals surface area contributed by atoms with Gasteiger partial charge in [-0.25, -0.2) is 0 Å². The normalized spacial score (nSPS) is 17.4. The molecule has 1 fully saturated rings. The highest BCUT2D eigenvalue weighted by atomic mass is 16.5. The fourth-order valence-corrected chi connectivity index (χ4v) is 3.29. The maximum atomic E-state index is 5.69. The van der Waals surface area contributed by atoms with Crippen LogP contribution in [0.25, 0.3) is 0 Å². The fourth-order valence-electron chi connectivity index (χ4n) is 3.29. The van der Waals surface area contributed by atoms with E-state index in [0.29, 0.717) is 19.1 Å². The molecule has 1 saturated heterocycles. The van der Waals surface area contributed by atoms with Crippen LogP contribution in [0.3, 0.4) is 0 Å². The molecule has 0 aliphatic carbocycles. The van der Waals surface area contributed by atoms with Crippen LogP contribution in [0, 0.1) is 12.8 Å². The molecule has 1 aromatic carbocycles. The van der Waals surface area contributed by atoms with E-state index in [4.69, 9.17) is 19.2 Å². The van der Waals surface area contributed by atoms with E-state index < -0.39 is 0 Å². The second-order valence-corrected chi connectivity index (χ2v) is 6.96. The van der Waals surface area contributed by atoms with Gasteiger partial charge < -0.3 is 24.4 Å². The standard InChI is InChI=1S/C21H35N3O3/c1-5-22-21(24-11-9-19(15-24)16-27-13-12-25-3)23-10-8-18-7-6-17(2)20(14-18)26-4/h6-7,14,19H,5,8-13,15-16H2,1-4H3,(H,22,23). The van der Waals surface area contributed by atoms with Crippen molar-refractivity contribution in [2.75, 3.05) is 60.2 Å². The van der Waals surface area contributed by atoms with Crippen molar-refractivity contribution in [3.05, 3.63) is 29.3 Å². The number of aliphatic imine (C=N–C) groups is 1. The Morgan fingerprint density at radius 2 is 2.15 bits per heavy atom. The van der Waals surface area contributed by atoms with Crippen molar-refractivity contribution >= 4 is 5.96 Å². The molecule has 0 saturated carbocycles. The van der Waals surface area contributed by atoms with Crippen molar-refractivity contribution in [2.45, 2.75) is 26.7 Å². The van der Waals surface area contributed by atoms with E-state index in [9.17, 15) is 0 Å². The molecule has 0 spiro atoms. The van der Waals surface area contributed by atoms with E-state index in [1.54, 1.807) is 14.2 Å². The first-order chi connectivity index (χ1) is 13.2. The molecular formula is C21H35N3O3. The Bertz CT molecular complexity index is 592. The minimum Gasteiger partial charge on any atom is -0.496 e. The molecule has 0 amide bonds. The Labute approximate surface area is 163 Å². The molecule has 0 radical (unpaired) electrons. The van der Waals surface area contributed by atoms with Gasteiger partial charge in [-0.3, -0.25) is 4.99 Å². The predicted molar refractivity (Wildman–Crippen MR) is 110 cm³/mol. The summed E-state index contributed by atoms with van der Waals surface area (Å²) in [6.07, 6.45) is 2.05. The zero-order valence-electron chi connectivity index (χ0n) is 17.3. The summed E-state index contributed by atoms with van der Waals surface area (Å²) >= 11 is 0. The van der Waals surface area contributed by atoms with Crippen molar-refractivity contribution < 1.29 is 14.2 Å². The lowest BCUT2D eigenvalue weighted by Crippen LogP contribution is -2.40. The summed E-state index contributed by atoms with van der Waals surface area (Å²) in [6.45, 7) is 9.96. The Kier molecular flexibility index (Phi) is 9.42. The first-order valence-corrected chi connectivity index (χ1v) is 9.91. The van der Waals surface area contributed by atoms with Gasteiger partial charge >= 0.3 is 0 Å². The van der Waals surface area contributed by atoms with Crippen molar-refractivity contribution in [1.82, 2.24) is 10.2 Å². The fraction of sp³-hybridized carbons (Fsp3) is 0.667. The summed E-state index contributed by atoms with van der Waals surface area (Å²) < 4.78 is 16.1. The Balaban J connectivity index is 1.85. The lowest BCUT2D eigenvalue weighted by molar-refractivity contribution is 0.0536. The van der Waals surface area contributed by atoms with Crippen LogP contribution in [0.1, 0.15) is 24.5 Å². The number of nitrogens with zero attached hydrogens (tertiary/aromatic N) is 2. The second-order valence-electron chi connectivity index (χ2n) is 6.96. The van der Waals surface area contributed by atoms with Crippen LogP contribution in [0.5, 0.6) is 5.75 Å². The highest BCUT2D eigenvalue weighted by molar-refractivity contribution is 5.80. The van der Waals surface area contributed by atoms with Crippen LogP contribution >= 0.6 is 0 Å². The number of methoxy groups -OCH3 is 2. The average molecular weight is 378 g/mol. The summed E-state index contributed by atoms with van der Waals surface area (Å²) in [6, 6.07) is 6.38. The molecule has 6 heteroatoms. The number of rotatable bonds is 10. The predicted octanol–water partition coefficient (Wildman–Crippen LogP) is 2.50. The Morgan fingerprint density at radius 1 is 1.30 bits per heavy atom. The van der Waals surface area contributed by atoms with Crippen LogP contribution < -0.4 is 10.1 Å². The lowest BCUT2D eigenvalue weighted by Gasteiger charge is -2.21. The van der Waals surface area contributed by atoms with E-state index in [1.807, 2.05) is 0 Å². The third-order valence-corrected chi connectivity index (χ3v) is 4.84. The number of nitrogens with one attached hydrogen (secondary N) is 1. The number of aryl methyl sites for hydroxylation is 1. The number of hydrogen-bond acceptors (Lipinski definition) is 4. The quantitative estimate of drug-likeness (QED) is 0.386. The first-order valence-electron chi connectivity index (χ1n) is 9.91. The van der Waals surface area contributed by atoms with Crippen LogP contribution in [-0.4, -0.2) is 71.1 Å². The molecule has 1 heterocycles. The Hall–Kier alpha value is -1.79. The van der Waals surface area contributed by atoms with Gasteiger partial charge in [0.15, 0.2) is 5.96 Å². The summed E-state index contributed by atoms with van der Waals surface area (Å²) in [5.41, 5.74) is 2.41. The van der Waals surface area contributed by atoms with Gasteiger partial charge in [-0.2, -0.15) is 0 Å². The minimum absolute atomic E-state index is 0.562. The lowest BCUT2D eigenvalue weighted by atomic mass is 10.1. The monoisotopic (exact) mass is 377 g/mol. The maximum Gasteiger partial charge on any atom is 0.193 e. The smallest absolute Gasteiger partial charge is 0.193 e. The maximum absolute atomic E-state index is 5.69. The zero-order valence-corrected chi connectivity index (χ0v) is 17.3. The molecule has 1 atom stereocenters. The molecule has 1 aliphatic rings. The zero-order chi connectivity index (χ0) is 19.5. The van der Waals surface area contributed by atoms with Crippen LogP contribution in [0.15, 0.2) is 23.2 Å². The van der Waals surface area contributed by atoms with Crippen molar-refractivity contribution in [1.29, 1.82) is 0 Å². The van der Waals surface area contributed by atoms with Crippen LogP contribution in [-0.2, 0) is 15.9 Å². The number of likely N-dealkylation sites (tertiary alicyclic amines) is 1. The molecule has 27 heavy (non-hydrogen) atoms. The van der Waals surface area contributed by atoms with Gasteiger partial charge in [-0.1, -0.05) is 12.1 Å². The SMILES string of the molecule is CCNC(=NCCc1ccc(C)c(OC)c1)N1CCC(COCCOC)C1. The number of ether oxygens (including phenoxy) is 3. The third-order valence-electron chi connectivity index (χ3n) is 4.84. The van der Waals surface area contributed by atoms with E-state index in [0.717, 1.165) is 62.9 Å². The number of guanidine groups is 1. The third kappa shape index (κ3) is 7.03. The van der Waals surface area contributed by atoms with E-state index >= 15 is 0 Å². The van der Waals surface area contributed by atoms with Crippen molar-refractivity contribution in [3.8, 4) is 5.75 Å². The highest BCUT2D eigenvalue weighted by Gasteiger charge is 2.24. The van der Waals surface area contributed by atoms with E-state index in [-0.39, 0.29) is 0 Å². The van der Waals surface area contributed by atoms with E-state index in [2.05, 4.69) is 42.3 Å². The molecule has 0 aromatic heterocycles. The topological polar surface area (TPSA) is 55.3 Å². The number of benzene rings is 1. The molecule has 6 nitrogen and oxygen atoms in total. The second kappa shape index (κ2) is 11.8. The van der Waals surface area contributed by atoms with Gasteiger partial charge in [0.25, 0.3) is 0 Å². The van der Waals surface area contributed by atoms with Gasteiger partial charge in [0.2, 0.25) is 0 Å². The largest absolute Gasteiger partial charge is 0.496 e. The van der Waals surface area contributed by atoms with Gasteiger partial charge in [0.05, 0.1) is 26.9 Å². The van der Waals surface area contributed by atoms with E-state index in [1.165, 1.54) is 5.56 Å². The molecule has 1 unspecified atom stereocenters. The van der Waals surface area contributed by atoms with Gasteiger partial charge in [0, 0.05) is 39.2 Å².